The number of carbonyl (C=O) groups excluding carboxylic acids is 1. The Kier molecular flexibility index (Phi) is 3.29. The Morgan fingerprint density at radius 3 is 2.43 bits per heavy atom. The molecule has 0 bridgehead atoms. The lowest BCUT2D eigenvalue weighted by Gasteiger charge is -1.99. The van der Waals surface area contributed by atoms with Gasteiger partial charge in [-0.2, -0.15) is 4.99 Å². The lowest BCUT2D eigenvalue weighted by atomic mass is 10.3. The lowest BCUT2D eigenvalue weighted by molar-refractivity contribution is 0.565. The van der Waals surface area contributed by atoms with Crippen LogP contribution in [0.15, 0.2) is 28.1 Å². The predicted octanol–water partition coefficient (Wildman–Crippen LogP) is 2.23. The fourth-order valence-corrected chi connectivity index (χ4v) is 2.33. The first-order chi connectivity index (χ1) is 6.45. The van der Waals surface area contributed by atoms with Gasteiger partial charge in [-0.1, -0.05) is 11.6 Å². The summed E-state index contributed by atoms with van der Waals surface area (Å²) in [6.45, 7) is 0. The summed E-state index contributed by atoms with van der Waals surface area (Å²) in [6.07, 6.45) is 1.30. The van der Waals surface area contributed by atoms with Gasteiger partial charge in [-0.3, -0.25) is 0 Å². The van der Waals surface area contributed by atoms with E-state index in [1.54, 1.807) is 0 Å². The highest BCUT2D eigenvalue weighted by molar-refractivity contribution is 8.13. The third kappa shape index (κ3) is 2.56. The fourth-order valence-electron chi connectivity index (χ4n) is 0.810. The number of halogens is 2. The number of rotatable bonds is 2. The van der Waals surface area contributed by atoms with E-state index in [0.717, 1.165) is 0 Å². The first-order valence-corrected chi connectivity index (χ1v) is 5.96. The average molecular weight is 252 g/mol. The lowest BCUT2D eigenvalue weighted by Crippen LogP contribution is -1.90. The van der Waals surface area contributed by atoms with Crippen LogP contribution in [0.5, 0.6) is 0 Å². The summed E-state index contributed by atoms with van der Waals surface area (Å²) in [6, 6.07) is 3.68. The van der Waals surface area contributed by atoms with Crippen LogP contribution in [-0.4, -0.2) is 14.5 Å². The van der Waals surface area contributed by atoms with Crippen molar-refractivity contribution in [2.75, 3.05) is 0 Å². The zero-order valence-electron chi connectivity index (χ0n) is 6.57. The highest BCUT2D eigenvalue weighted by Crippen LogP contribution is 2.28. The molecule has 1 rings (SSSR count). The summed E-state index contributed by atoms with van der Waals surface area (Å²) in [5.74, 6) is 0. The number of aliphatic imine (C=N–C) groups is 1. The maximum atomic E-state index is 10.9. The van der Waals surface area contributed by atoms with Crippen molar-refractivity contribution in [3.8, 4) is 0 Å². The Bertz CT molecular complexity index is 506. The van der Waals surface area contributed by atoms with Crippen molar-refractivity contribution >= 4 is 43.1 Å². The predicted molar refractivity (Wildman–Crippen MR) is 52.3 cm³/mol. The molecule has 7 heteroatoms. The standard InChI is InChI=1S/C7H3Cl2NO3S/c8-6-3-5(10-4-11)1-2-7(6)14(9,12)13/h1-3H. The quantitative estimate of drug-likeness (QED) is 0.460. The molecule has 0 aromatic heterocycles. The second-order valence-electron chi connectivity index (χ2n) is 2.26. The van der Waals surface area contributed by atoms with E-state index < -0.39 is 9.05 Å². The Hall–Kier alpha value is -0.870. The normalized spacial score (nSPS) is 10.7. The van der Waals surface area contributed by atoms with Crippen LogP contribution in [0.4, 0.5) is 5.69 Å². The van der Waals surface area contributed by atoms with Crippen molar-refractivity contribution in [2.24, 2.45) is 4.99 Å². The van der Waals surface area contributed by atoms with Crippen LogP contribution in [0.1, 0.15) is 0 Å². The van der Waals surface area contributed by atoms with E-state index in [4.69, 9.17) is 22.3 Å². The molecule has 0 saturated heterocycles. The minimum absolute atomic E-state index is 0.0866. The molecule has 4 nitrogen and oxygen atoms in total. The van der Waals surface area contributed by atoms with Crippen molar-refractivity contribution in [3.63, 3.8) is 0 Å². The molecule has 0 spiro atoms. The maximum Gasteiger partial charge on any atom is 0.262 e. The molecular formula is C7H3Cl2NO3S. The van der Waals surface area contributed by atoms with Crippen LogP contribution in [0.25, 0.3) is 0 Å². The number of benzene rings is 1. The molecule has 0 saturated carbocycles. The molecular weight excluding hydrogens is 249 g/mol. The van der Waals surface area contributed by atoms with Gasteiger partial charge in [0.2, 0.25) is 6.08 Å². The molecule has 0 aliphatic carbocycles. The zero-order valence-corrected chi connectivity index (χ0v) is 8.90. The summed E-state index contributed by atoms with van der Waals surface area (Å²) in [5.41, 5.74) is 0.217. The van der Waals surface area contributed by atoms with Crippen molar-refractivity contribution < 1.29 is 13.2 Å². The SMILES string of the molecule is O=C=Nc1ccc(S(=O)(=O)Cl)c(Cl)c1. The fraction of sp³-hybridized carbons (Fsp3) is 0. The van der Waals surface area contributed by atoms with E-state index in [1.165, 1.54) is 24.3 Å². The van der Waals surface area contributed by atoms with Gasteiger partial charge in [-0.15, -0.1) is 0 Å². The molecule has 1 aromatic rings. The molecule has 1 aromatic carbocycles. The molecule has 74 valence electrons. The number of nitrogens with zero attached hydrogens (tertiary/aromatic N) is 1. The Morgan fingerprint density at radius 1 is 1.36 bits per heavy atom. The van der Waals surface area contributed by atoms with E-state index in [9.17, 15) is 13.2 Å². The smallest absolute Gasteiger partial charge is 0.211 e. The molecule has 0 N–H and O–H groups in total. The van der Waals surface area contributed by atoms with Crippen LogP contribution in [0.3, 0.4) is 0 Å². The third-order valence-electron chi connectivity index (χ3n) is 1.35. The van der Waals surface area contributed by atoms with E-state index in [1.807, 2.05) is 0 Å². The minimum Gasteiger partial charge on any atom is -0.211 e. The first-order valence-electron chi connectivity index (χ1n) is 3.27. The molecule has 0 unspecified atom stereocenters. The van der Waals surface area contributed by atoms with Gasteiger partial charge < -0.3 is 0 Å². The topological polar surface area (TPSA) is 63.6 Å². The van der Waals surface area contributed by atoms with Gasteiger partial charge in [0.25, 0.3) is 9.05 Å². The molecule has 14 heavy (non-hydrogen) atoms. The van der Waals surface area contributed by atoms with E-state index in [2.05, 4.69) is 4.99 Å². The van der Waals surface area contributed by atoms with Gasteiger partial charge in [0, 0.05) is 10.7 Å². The Balaban J connectivity index is 3.35. The van der Waals surface area contributed by atoms with Gasteiger partial charge >= 0.3 is 0 Å². The van der Waals surface area contributed by atoms with E-state index in [-0.39, 0.29) is 15.6 Å². The van der Waals surface area contributed by atoms with Gasteiger partial charge in [0.05, 0.1) is 10.7 Å². The van der Waals surface area contributed by atoms with E-state index in [0.29, 0.717) is 0 Å². The molecule has 0 amide bonds. The number of hydrogen-bond donors (Lipinski definition) is 0. The van der Waals surface area contributed by atoms with Gasteiger partial charge in [0.15, 0.2) is 0 Å². The van der Waals surface area contributed by atoms with Crippen LogP contribution in [0.2, 0.25) is 5.02 Å². The molecule has 0 aliphatic heterocycles. The second kappa shape index (κ2) is 4.11. The summed E-state index contributed by atoms with van der Waals surface area (Å²) in [5, 5.41) is -0.0866. The Morgan fingerprint density at radius 2 is 2.00 bits per heavy atom. The summed E-state index contributed by atoms with van der Waals surface area (Å²) in [7, 11) is 1.21. The third-order valence-corrected chi connectivity index (χ3v) is 3.16. The van der Waals surface area contributed by atoms with Crippen LogP contribution >= 0.6 is 22.3 Å². The van der Waals surface area contributed by atoms with Crippen LogP contribution < -0.4 is 0 Å². The summed E-state index contributed by atoms with van der Waals surface area (Å²) >= 11 is 5.60. The highest BCUT2D eigenvalue weighted by Gasteiger charge is 2.14. The molecule has 0 fully saturated rings. The molecule has 0 radical (unpaired) electrons. The molecule has 0 heterocycles. The zero-order chi connectivity index (χ0) is 10.8. The second-order valence-corrected chi connectivity index (χ2v) is 5.20. The van der Waals surface area contributed by atoms with Crippen molar-refractivity contribution in [1.29, 1.82) is 0 Å². The molecule has 0 atom stereocenters. The van der Waals surface area contributed by atoms with Crippen molar-refractivity contribution in [1.82, 2.24) is 0 Å². The van der Waals surface area contributed by atoms with Crippen LogP contribution in [0, 0.1) is 0 Å². The van der Waals surface area contributed by atoms with Crippen molar-refractivity contribution in [3.05, 3.63) is 23.2 Å². The largest absolute Gasteiger partial charge is 0.262 e. The molecule has 0 aliphatic rings. The maximum absolute atomic E-state index is 10.9. The van der Waals surface area contributed by atoms with Gasteiger partial charge in [-0.05, 0) is 18.2 Å². The summed E-state index contributed by atoms with van der Waals surface area (Å²) in [4.78, 5) is 12.9. The highest BCUT2D eigenvalue weighted by atomic mass is 35.7. The minimum atomic E-state index is -3.87. The first kappa shape index (κ1) is 11.2. The van der Waals surface area contributed by atoms with Gasteiger partial charge in [-0.25, -0.2) is 13.2 Å². The summed E-state index contributed by atoms with van der Waals surface area (Å²) < 4.78 is 21.8. The Labute approximate surface area is 89.6 Å². The van der Waals surface area contributed by atoms with Gasteiger partial charge in [0.1, 0.15) is 4.90 Å². The monoisotopic (exact) mass is 251 g/mol. The number of hydrogen-bond acceptors (Lipinski definition) is 4. The van der Waals surface area contributed by atoms with Crippen molar-refractivity contribution in [2.45, 2.75) is 4.90 Å². The van der Waals surface area contributed by atoms with Crippen LogP contribution in [-0.2, 0) is 13.8 Å². The van der Waals surface area contributed by atoms with E-state index >= 15 is 0 Å². The average Bonchev–Trinajstić information content (AvgIpc) is 2.02. The number of isocyanates is 1.